The molecule has 3 rings (SSSR count). The largest absolute Gasteiger partial charge is 0.416 e. The van der Waals surface area contributed by atoms with E-state index >= 15 is 0 Å². The molecule has 0 saturated heterocycles. The summed E-state index contributed by atoms with van der Waals surface area (Å²) in [6.45, 7) is 0. The van der Waals surface area contributed by atoms with Crippen LogP contribution in [0.2, 0.25) is 0 Å². The lowest BCUT2D eigenvalue weighted by molar-refractivity contribution is -0.138. The van der Waals surface area contributed by atoms with E-state index in [-0.39, 0.29) is 16.8 Å². The van der Waals surface area contributed by atoms with Crippen molar-refractivity contribution in [2.24, 2.45) is 5.16 Å². The highest BCUT2D eigenvalue weighted by molar-refractivity contribution is 6.17. The fraction of sp³-hybridized carbons (Fsp3) is 0.227. The van der Waals surface area contributed by atoms with Gasteiger partial charge in [0.15, 0.2) is 0 Å². The van der Waals surface area contributed by atoms with Gasteiger partial charge in [-0.05, 0) is 65.8 Å². The minimum atomic E-state index is -4.57. The van der Waals surface area contributed by atoms with Gasteiger partial charge in [-0.3, -0.25) is 0 Å². The first kappa shape index (κ1) is 21.7. The molecule has 0 aromatic heterocycles. The Morgan fingerprint density at radius 2 is 1.10 bits per heavy atom. The molecule has 8 heteroatoms. The Bertz CT molecular complexity index is 937. The maximum absolute atomic E-state index is 13.3. The highest BCUT2D eigenvalue weighted by Gasteiger charge is 2.34. The summed E-state index contributed by atoms with van der Waals surface area (Å²) in [4.78, 5) is 0. The van der Waals surface area contributed by atoms with E-state index in [1.54, 1.807) is 0 Å². The van der Waals surface area contributed by atoms with Crippen LogP contribution >= 0.6 is 0 Å². The van der Waals surface area contributed by atoms with Gasteiger partial charge < -0.3 is 5.21 Å². The topological polar surface area (TPSA) is 32.6 Å². The summed E-state index contributed by atoms with van der Waals surface area (Å²) in [5, 5.41) is 12.7. The van der Waals surface area contributed by atoms with Crippen molar-refractivity contribution in [1.29, 1.82) is 0 Å². The third kappa shape index (κ3) is 4.75. The van der Waals surface area contributed by atoms with E-state index in [4.69, 9.17) is 0 Å². The van der Waals surface area contributed by atoms with Crippen LogP contribution in [0.5, 0.6) is 0 Å². The number of benzene rings is 2. The molecular formula is C22H17F6NO. The minimum Gasteiger partial charge on any atom is -0.410 e. The third-order valence-electron chi connectivity index (χ3n) is 4.79. The Labute approximate surface area is 168 Å². The molecule has 0 amide bonds. The maximum atomic E-state index is 13.3. The third-order valence-corrected chi connectivity index (χ3v) is 4.79. The van der Waals surface area contributed by atoms with Crippen molar-refractivity contribution in [2.75, 3.05) is 0 Å². The fourth-order valence-electron chi connectivity index (χ4n) is 3.46. The molecular weight excluding hydrogens is 408 g/mol. The SMILES string of the molecule is ON=C1/C(=C/c2ccccc2C(F)(F)F)CCC/C1=C\c1ccccc1C(F)(F)F. The van der Waals surface area contributed by atoms with Gasteiger partial charge >= 0.3 is 12.4 Å². The Balaban J connectivity index is 2.06. The molecule has 2 nitrogen and oxygen atoms in total. The average Bonchev–Trinajstić information content (AvgIpc) is 2.67. The number of rotatable bonds is 2. The van der Waals surface area contributed by atoms with E-state index in [9.17, 15) is 31.5 Å². The second-order valence-electron chi connectivity index (χ2n) is 6.81. The second-order valence-corrected chi connectivity index (χ2v) is 6.81. The molecule has 0 radical (unpaired) electrons. The van der Waals surface area contributed by atoms with Crippen LogP contribution in [0.15, 0.2) is 64.8 Å². The summed E-state index contributed by atoms with van der Waals surface area (Å²) in [5.41, 5.74) is -1.22. The van der Waals surface area contributed by atoms with Crippen molar-refractivity contribution < 1.29 is 31.5 Å². The highest BCUT2D eigenvalue weighted by Crippen LogP contribution is 2.37. The van der Waals surface area contributed by atoms with E-state index in [0.717, 1.165) is 12.1 Å². The number of hydrogen-bond acceptors (Lipinski definition) is 2. The van der Waals surface area contributed by atoms with Gasteiger partial charge in [-0.15, -0.1) is 0 Å². The zero-order chi connectivity index (χ0) is 21.9. The number of hydrogen-bond donors (Lipinski definition) is 1. The molecule has 0 bridgehead atoms. The van der Waals surface area contributed by atoms with Gasteiger partial charge in [0.25, 0.3) is 0 Å². The number of alkyl halides is 6. The summed E-state index contributed by atoms with van der Waals surface area (Å²) in [7, 11) is 0. The first-order valence-corrected chi connectivity index (χ1v) is 9.07. The van der Waals surface area contributed by atoms with Crippen LogP contribution in [-0.4, -0.2) is 10.9 Å². The van der Waals surface area contributed by atoms with Crippen LogP contribution in [0.4, 0.5) is 26.3 Å². The molecule has 1 saturated carbocycles. The maximum Gasteiger partial charge on any atom is 0.416 e. The summed E-state index contributed by atoms with van der Waals surface area (Å²) < 4.78 is 79.7. The standard InChI is InChI=1S/C22H17F6NO/c23-21(24,25)18-10-3-1-6-14(18)12-16-8-5-9-17(20(16)29-30)13-15-7-2-4-11-19(15)22(26,27)28/h1-4,6-7,10-13,30H,5,8-9H2/b16-12+,17-13+. The van der Waals surface area contributed by atoms with Gasteiger partial charge in [-0.1, -0.05) is 41.6 Å². The Kier molecular flexibility index (Phi) is 6.05. The van der Waals surface area contributed by atoms with Gasteiger partial charge in [0.05, 0.1) is 11.1 Å². The lowest BCUT2D eigenvalue weighted by atomic mass is 9.85. The van der Waals surface area contributed by atoms with Crippen LogP contribution in [0, 0.1) is 0 Å². The van der Waals surface area contributed by atoms with Crippen LogP contribution in [-0.2, 0) is 12.4 Å². The molecule has 0 aliphatic heterocycles. The lowest BCUT2D eigenvalue weighted by Crippen LogP contribution is -2.14. The zero-order valence-corrected chi connectivity index (χ0v) is 15.6. The first-order valence-electron chi connectivity index (χ1n) is 9.07. The number of nitrogens with zero attached hydrogens (tertiary/aromatic N) is 1. The fourth-order valence-corrected chi connectivity index (χ4v) is 3.46. The van der Waals surface area contributed by atoms with Crippen LogP contribution < -0.4 is 0 Å². The summed E-state index contributed by atoms with van der Waals surface area (Å²) in [5.74, 6) is 0. The van der Waals surface area contributed by atoms with Crippen LogP contribution in [0.25, 0.3) is 12.2 Å². The predicted molar refractivity (Wildman–Crippen MR) is 102 cm³/mol. The quantitative estimate of drug-likeness (QED) is 0.308. The molecule has 1 N–H and O–H groups in total. The molecule has 0 unspecified atom stereocenters. The molecule has 2 aromatic rings. The Morgan fingerprint density at radius 1 is 0.700 bits per heavy atom. The van der Waals surface area contributed by atoms with E-state index in [2.05, 4.69) is 5.16 Å². The predicted octanol–water partition coefficient (Wildman–Crippen LogP) is 7.21. The van der Waals surface area contributed by atoms with E-state index in [0.29, 0.717) is 30.4 Å². The van der Waals surface area contributed by atoms with Gasteiger partial charge in [0.1, 0.15) is 5.71 Å². The average molecular weight is 425 g/mol. The van der Waals surface area contributed by atoms with Crippen molar-refractivity contribution in [3.8, 4) is 0 Å². The van der Waals surface area contributed by atoms with E-state index in [1.807, 2.05) is 0 Å². The Hall–Kier alpha value is -3.03. The molecule has 158 valence electrons. The molecule has 1 fully saturated rings. The highest BCUT2D eigenvalue weighted by atomic mass is 19.4. The van der Waals surface area contributed by atoms with Crippen LogP contribution in [0.3, 0.4) is 0 Å². The van der Waals surface area contributed by atoms with Gasteiger partial charge in [0, 0.05) is 0 Å². The summed E-state index contributed by atoms with van der Waals surface area (Å²) >= 11 is 0. The van der Waals surface area contributed by atoms with Gasteiger partial charge in [0.2, 0.25) is 0 Å². The second kappa shape index (κ2) is 8.38. The molecule has 30 heavy (non-hydrogen) atoms. The summed E-state index contributed by atoms with van der Waals surface area (Å²) in [6.07, 6.45) is -5.40. The molecule has 0 spiro atoms. The van der Waals surface area contributed by atoms with Crippen molar-refractivity contribution >= 4 is 17.9 Å². The number of oxime groups is 1. The molecule has 0 heterocycles. The normalized spacial score (nSPS) is 18.1. The smallest absolute Gasteiger partial charge is 0.410 e. The number of halogens is 6. The molecule has 2 aromatic carbocycles. The lowest BCUT2D eigenvalue weighted by Gasteiger charge is -2.21. The number of allylic oxidation sites excluding steroid dienone is 2. The van der Waals surface area contributed by atoms with Gasteiger partial charge in [-0.2, -0.15) is 26.3 Å². The monoisotopic (exact) mass is 425 g/mol. The summed E-state index contributed by atoms with van der Waals surface area (Å²) in [6, 6.07) is 9.93. The van der Waals surface area contributed by atoms with Gasteiger partial charge in [-0.25, -0.2) is 0 Å². The van der Waals surface area contributed by atoms with Crippen molar-refractivity contribution in [1.82, 2.24) is 0 Å². The van der Waals surface area contributed by atoms with Crippen molar-refractivity contribution in [3.05, 3.63) is 81.9 Å². The zero-order valence-electron chi connectivity index (χ0n) is 15.6. The van der Waals surface area contributed by atoms with E-state index < -0.39 is 23.5 Å². The Morgan fingerprint density at radius 3 is 1.47 bits per heavy atom. The van der Waals surface area contributed by atoms with E-state index in [1.165, 1.54) is 48.6 Å². The van der Waals surface area contributed by atoms with Crippen LogP contribution in [0.1, 0.15) is 41.5 Å². The molecule has 1 aliphatic carbocycles. The molecule has 0 atom stereocenters. The first-order chi connectivity index (χ1) is 14.1. The van der Waals surface area contributed by atoms with Crippen molar-refractivity contribution in [3.63, 3.8) is 0 Å². The minimum absolute atomic E-state index is 0.00444. The van der Waals surface area contributed by atoms with Crippen molar-refractivity contribution in [2.45, 2.75) is 31.6 Å². The molecule has 1 aliphatic rings.